The van der Waals surface area contributed by atoms with Gasteiger partial charge in [0.05, 0.1) is 35.3 Å². The van der Waals surface area contributed by atoms with Crippen LogP contribution in [-0.2, 0) is 12.6 Å². The number of benzene rings is 3. The number of ether oxygens (including phenoxy) is 1. The summed E-state index contributed by atoms with van der Waals surface area (Å²) in [7, 11) is 1.23. The number of nitrogens with two attached hydrogens (primary N) is 1. The molecule has 0 aliphatic carbocycles. The number of hydrogen-bond donors (Lipinski definition) is 1. The molecule has 2 N–H and O–H groups in total. The molecule has 2 unspecified atom stereocenters. The highest BCUT2D eigenvalue weighted by molar-refractivity contribution is 7.99. The van der Waals surface area contributed by atoms with Crippen LogP contribution in [0.5, 0.6) is 5.75 Å². The fourth-order valence-corrected chi connectivity index (χ4v) is 6.79. The molecule has 2 heterocycles. The Hall–Kier alpha value is -3.77. The second-order valence-corrected chi connectivity index (χ2v) is 10.8. The van der Waals surface area contributed by atoms with Crippen molar-refractivity contribution in [2.75, 3.05) is 12.9 Å². The molecule has 1 aromatic heterocycles. The summed E-state index contributed by atoms with van der Waals surface area (Å²) in [5.74, 6) is -4.48. The van der Waals surface area contributed by atoms with E-state index < -0.39 is 64.6 Å². The molecule has 1 aliphatic rings. The fraction of sp³-hybridized carbons (Fsp3) is 0.233. The maximum atomic E-state index is 15.5. The van der Waals surface area contributed by atoms with Crippen molar-refractivity contribution >= 4 is 11.8 Å². The summed E-state index contributed by atoms with van der Waals surface area (Å²) in [5, 5.41) is 0.179. The third-order valence-corrected chi connectivity index (χ3v) is 8.67. The first kappa shape index (κ1) is 29.7. The second kappa shape index (κ2) is 11.1. The van der Waals surface area contributed by atoms with Crippen LogP contribution in [0.4, 0.5) is 30.7 Å². The number of halogens is 7. The van der Waals surface area contributed by atoms with Crippen molar-refractivity contribution in [1.29, 1.82) is 0 Å². The van der Waals surface area contributed by atoms with Gasteiger partial charge in [-0.1, -0.05) is 30.3 Å². The maximum absolute atomic E-state index is 15.5. The molecule has 42 heavy (non-hydrogen) atoms. The number of thioether (sulfide) groups is 1. The van der Waals surface area contributed by atoms with Crippen molar-refractivity contribution in [2.24, 2.45) is 5.73 Å². The van der Waals surface area contributed by atoms with Gasteiger partial charge in [-0.3, -0.25) is 9.36 Å². The lowest BCUT2D eigenvalue weighted by Gasteiger charge is -2.25. The third kappa shape index (κ3) is 4.96. The first-order valence-electron chi connectivity index (χ1n) is 12.6. The van der Waals surface area contributed by atoms with E-state index in [1.165, 1.54) is 48.9 Å². The Labute approximate surface area is 239 Å². The Morgan fingerprint density at radius 2 is 1.64 bits per heavy atom. The molecule has 4 aromatic rings. The Bertz CT molecular complexity index is 1750. The zero-order chi connectivity index (χ0) is 30.5. The number of alkyl halides is 3. The predicted molar refractivity (Wildman–Crippen MR) is 145 cm³/mol. The topological polar surface area (TPSA) is 57.2 Å². The van der Waals surface area contributed by atoms with Crippen LogP contribution >= 0.6 is 11.8 Å². The second-order valence-electron chi connectivity index (χ2n) is 9.77. The molecule has 0 radical (unpaired) electrons. The molecule has 0 fully saturated rings. The Balaban J connectivity index is 1.80. The zero-order valence-corrected chi connectivity index (χ0v) is 23.0. The molecule has 2 atom stereocenters. The largest absolute Gasteiger partial charge is 0.494 e. The van der Waals surface area contributed by atoms with Crippen molar-refractivity contribution in [3.05, 3.63) is 116 Å². The lowest BCUT2D eigenvalue weighted by molar-refractivity contribution is -0.138. The third-order valence-electron chi connectivity index (χ3n) is 7.45. The molecule has 4 nitrogen and oxygen atoms in total. The van der Waals surface area contributed by atoms with Crippen molar-refractivity contribution in [3.8, 4) is 16.9 Å². The number of rotatable bonds is 6. The minimum absolute atomic E-state index is 0.0618. The highest BCUT2D eigenvalue weighted by Gasteiger charge is 2.38. The van der Waals surface area contributed by atoms with Gasteiger partial charge in [0.1, 0.15) is 5.82 Å². The molecule has 0 spiro atoms. The van der Waals surface area contributed by atoms with Crippen LogP contribution in [0.2, 0.25) is 0 Å². The number of nitrogens with zero attached hydrogens (tertiary/aromatic N) is 1. The van der Waals surface area contributed by atoms with E-state index in [1.807, 2.05) is 0 Å². The molecule has 3 aromatic carbocycles. The van der Waals surface area contributed by atoms with E-state index in [0.29, 0.717) is 0 Å². The smallest absolute Gasteiger partial charge is 0.416 e. The summed E-state index contributed by atoms with van der Waals surface area (Å²) in [4.78, 5) is 14.1. The summed E-state index contributed by atoms with van der Waals surface area (Å²) in [6.07, 6.45) is -5.47. The summed E-state index contributed by atoms with van der Waals surface area (Å²) in [6, 6.07) is 7.86. The number of hydrogen-bond acceptors (Lipinski definition) is 4. The molecule has 1 aliphatic heterocycles. The van der Waals surface area contributed by atoms with E-state index in [0.717, 1.165) is 36.0 Å². The highest BCUT2D eigenvalue weighted by atomic mass is 32.2. The summed E-state index contributed by atoms with van der Waals surface area (Å²) >= 11 is 1.06. The van der Waals surface area contributed by atoms with E-state index in [1.54, 1.807) is 0 Å². The van der Waals surface area contributed by atoms with Crippen LogP contribution in [0.3, 0.4) is 0 Å². The van der Waals surface area contributed by atoms with Crippen LogP contribution in [-0.4, -0.2) is 17.4 Å². The average Bonchev–Trinajstić information content (AvgIpc) is 3.38. The average molecular weight is 609 g/mol. The number of methoxy groups -OCH3 is 1. The van der Waals surface area contributed by atoms with Gasteiger partial charge in [0.2, 0.25) is 0 Å². The van der Waals surface area contributed by atoms with Gasteiger partial charge in [-0.15, -0.1) is 11.8 Å². The summed E-state index contributed by atoms with van der Waals surface area (Å²) in [6.45, 7) is 1.44. The van der Waals surface area contributed by atoms with E-state index in [4.69, 9.17) is 10.5 Å². The SMILES string of the molecule is COc1cccc(-c2c(C)c(Cc3c(F)cccc3C(F)(F)F)c3n(c2=O)C(C(N)c2cccc(F)c2F)CS3)c1F. The van der Waals surface area contributed by atoms with Crippen molar-refractivity contribution in [1.82, 2.24) is 4.57 Å². The van der Waals surface area contributed by atoms with Gasteiger partial charge in [-0.25, -0.2) is 17.6 Å². The minimum Gasteiger partial charge on any atom is -0.494 e. The molecular formula is C30H23F7N2O2S. The Morgan fingerprint density at radius 3 is 2.33 bits per heavy atom. The molecule has 0 saturated heterocycles. The quantitative estimate of drug-likeness (QED) is 0.233. The van der Waals surface area contributed by atoms with Crippen molar-refractivity contribution < 1.29 is 35.5 Å². The summed E-state index contributed by atoms with van der Waals surface area (Å²) in [5.41, 5.74) is 3.45. The van der Waals surface area contributed by atoms with E-state index in [-0.39, 0.29) is 44.3 Å². The number of aromatic nitrogens is 1. The fourth-order valence-electron chi connectivity index (χ4n) is 5.34. The molecule has 0 amide bonds. The van der Waals surface area contributed by atoms with Crippen molar-refractivity contribution in [2.45, 2.75) is 36.6 Å². The Kier molecular flexibility index (Phi) is 7.88. The van der Waals surface area contributed by atoms with Gasteiger partial charge in [-0.05, 0) is 42.3 Å². The van der Waals surface area contributed by atoms with E-state index in [9.17, 15) is 31.1 Å². The van der Waals surface area contributed by atoms with Crippen LogP contribution < -0.4 is 16.0 Å². The maximum Gasteiger partial charge on any atom is 0.416 e. The first-order chi connectivity index (χ1) is 19.9. The summed E-state index contributed by atoms with van der Waals surface area (Å²) < 4.78 is 107. The lowest BCUT2D eigenvalue weighted by atomic mass is 9.91. The molecule has 0 saturated carbocycles. The van der Waals surface area contributed by atoms with Gasteiger partial charge in [0.15, 0.2) is 23.2 Å². The van der Waals surface area contributed by atoms with Crippen LogP contribution in [0, 0.1) is 30.2 Å². The lowest BCUT2D eigenvalue weighted by Crippen LogP contribution is -2.34. The van der Waals surface area contributed by atoms with Gasteiger partial charge in [0, 0.05) is 28.9 Å². The van der Waals surface area contributed by atoms with Gasteiger partial charge < -0.3 is 10.5 Å². The van der Waals surface area contributed by atoms with Gasteiger partial charge >= 0.3 is 6.18 Å². The van der Waals surface area contributed by atoms with Crippen LogP contribution in [0.25, 0.3) is 11.1 Å². The van der Waals surface area contributed by atoms with Crippen molar-refractivity contribution in [3.63, 3.8) is 0 Å². The zero-order valence-electron chi connectivity index (χ0n) is 22.2. The molecule has 12 heteroatoms. The standard InChI is InChI=1S/C30H23F7N2O2S/c1-14-17(12-18-19(30(35,36)37)8-5-9-20(18)31)29-39(28(40)24(14)15-6-4-11-23(41-2)26(15)34)22(13-42-29)27(38)16-7-3-10-21(32)25(16)33/h3-11,22,27H,12-13,38H2,1-2H3. The highest BCUT2D eigenvalue weighted by Crippen LogP contribution is 2.45. The van der Waals surface area contributed by atoms with Crippen LogP contribution in [0.15, 0.2) is 64.4 Å². The van der Waals surface area contributed by atoms with E-state index >= 15 is 4.39 Å². The number of fused-ring (bicyclic) bond motifs is 1. The van der Waals surface area contributed by atoms with E-state index in [2.05, 4.69) is 0 Å². The molecule has 5 rings (SSSR count). The number of pyridine rings is 1. The normalized spacial score (nSPS) is 15.5. The first-order valence-corrected chi connectivity index (χ1v) is 13.6. The Morgan fingerprint density at radius 1 is 0.976 bits per heavy atom. The van der Waals surface area contributed by atoms with Gasteiger partial charge in [0.25, 0.3) is 5.56 Å². The predicted octanol–water partition coefficient (Wildman–Crippen LogP) is 7.35. The molecular weight excluding hydrogens is 585 g/mol. The molecule has 0 bridgehead atoms. The monoisotopic (exact) mass is 608 g/mol. The van der Waals surface area contributed by atoms with Crippen LogP contribution in [0.1, 0.15) is 39.9 Å². The minimum atomic E-state index is -4.88. The molecule has 220 valence electrons. The van der Waals surface area contributed by atoms with Gasteiger partial charge in [-0.2, -0.15) is 13.2 Å².